The molecular weight excluding hydrogens is 228 g/mol. The van der Waals surface area contributed by atoms with Crippen LogP contribution in [0.25, 0.3) is 0 Å². The third-order valence-electron chi connectivity index (χ3n) is 3.78. The fourth-order valence-electron chi connectivity index (χ4n) is 2.64. The Morgan fingerprint density at radius 1 is 1.50 bits per heavy atom. The highest BCUT2D eigenvalue weighted by Gasteiger charge is 2.23. The maximum Gasteiger partial charge on any atom is 0.335 e. The van der Waals surface area contributed by atoms with Crippen LogP contribution in [0.4, 0.5) is 5.82 Å². The number of aromatic nitrogens is 1. The van der Waals surface area contributed by atoms with Gasteiger partial charge >= 0.3 is 5.97 Å². The number of nitrogens with zero attached hydrogens (tertiary/aromatic N) is 1. The highest BCUT2D eigenvalue weighted by Crippen LogP contribution is 2.31. The van der Waals surface area contributed by atoms with Gasteiger partial charge in [0.15, 0.2) is 0 Å². The second-order valence-corrected chi connectivity index (χ2v) is 5.24. The van der Waals surface area contributed by atoms with Crippen molar-refractivity contribution in [3.8, 4) is 0 Å². The molecule has 1 aromatic rings. The van der Waals surface area contributed by atoms with Crippen LogP contribution in [-0.2, 0) is 0 Å². The summed E-state index contributed by atoms with van der Waals surface area (Å²) in [4.78, 5) is 15.3. The average Bonchev–Trinajstić information content (AvgIpc) is 2.71. The number of nitrogens with one attached hydrogen (secondary N) is 1. The van der Waals surface area contributed by atoms with E-state index in [4.69, 9.17) is 5.11 Å². The Morgan fingerprint density at radius 3 is 2.89 bits per heavy atom. The summed E-state index contributed by atoms with van der Waals surface area (Å²) < 4.78 is 0. The minimum absolute atomic E-state index is 0.296. The molecule has 2 atom stereocenters. The molecule has 4 heteroatoms. The molecule has 1 aromatic heterocycles. The number of hydrogen-bond donors (Lipinski definition) is 2. The van der Waals surface area contributed by atoms with Crippen LogP contribution >= 0.6 is 0 Å². The molecule has 0 saturated heterocycles. The molecule has 18 heavy (non-hydrogen) atoms. The fourth-order valence-corrected chi connectivity index (χ4v) is 2.64. The molecule has 0 aromatic carbocycles. The Balaban J connectivity index is 2.02. The van der Waals surface area contributed by atoms with Gasteiger partial charge in [-0.15, -0.1) is 0 Å². The lowest BCUT2D eigenvalue weighted by molar-refractivity contribution is 0.0696. The molecular formula is C14H20N2O2. The topological polar surface area (TPSA) is 62.2 Å². The molecule has 0 aliphatic heterocycles. The first-order valence-corrected chi connectivity index (χ1v) is 6.52. The van der Waals surface area contributed by atoms with Crippen LogP contribution in [0.2, 0.25) is 0 Å². The van der Waals surface area contributed by atoms with Crippen molar-refractivity contribution in [2.45, 2.75) is 33.1 Å². The van der Waals surface area contributed by atoms with Gasteiger partial charge in [-0.05, 0) is 37.3 Å². The Morgan fingerprint density at radius 2 is 2.28 bits per heavy atom. The van der Waals surface area contributed by atoms with Gasteiger partial charge in [0.1, 0.15) is 5.82 Å². The number of rotatable bonds is 4. The predicted octanol–water partition coefficient (Wildman–Crippen LogP) is 2.94. The van der Waals surface area contributed by atoms with Gasteiger partial charge in [0, 0.05) is 12.2 Å². The second-order valence-electron chi connectivity index (χ2n) is 5.24. The van der Waals surface area contributed by atoms with Crippen molar-refractivity contribution in [1.29, 1.82) is 0 Å². The highest BCUT2D eigenvalue weighted by atomic mass is 16.4. The number of aromatic carboxylic acids is 1. The van der Waals surface area contributed by atoms with Crippen LogP contribution in [0.15, 0.2) is 12.1 Å². The average molecular weight is 248 g/mol. The smallest absolute Gasteiger partial charge is 0.335 e. The molecule has 1 saturated carbocycles. The first kappa shape index (κ1) is 12.9. The van der Waals surface area contributed by atoms with Gasteiger partial charge in [-0.3, -0.25) is 0 Å². The van der Waals surface area contributed by atoms with E-state index in [1.54, 1.807) is 12.1 Å². The van der Waals surface area contributed by atoms with Gasteiger partial charge in [0.25, 0.3) is 0 Å². The minimum Gasteiger partial charge on any atom is -0.478 e. The molecule has 1 aliphatic rings. The minimum atomic E-state index is -0.905. The van der Waals surface area contributed by atoms with Crippen molar-refractivity contribution < 1.29 is 9.90 Å². The van der Waals surface area contributed by atoms with E-state index in [0.29, 0.717) is 17.3 Å². The number of hydrogen-bond acceptors (Lipinski definition) is 3. The summed E-state index contributed by atoms with van der Waals surface area (Å²) in [6.45, 7) is 4.98. The molecule has 1 fully saturated rings. The van der Waals surface area contributed by atoms with Crippen molar-refractivity contribution >= 4 is 11.8 Å². The zero-order valence-electron chi connectivity index (χ0n) is 10.9. The molecule has 0 amide bonds. The Hall–Kier alpha value is -1.58. The first-order chi connectivity index (χ1) is 8.56. The summed E-state index contributed by atoms with van der Waals surface area (Å²) in [7, 11) is 0. The third-order valence-corrected chi connectivity index (χ3v) is 3.78. The van der Waals surface area contributed by atoms with Crippen LogP contribution < -0.4 is 5.32 Å². The van der Waals surface area contributed by atoms with E-state index in [9.17, 15) is 4.79 Å². The van der Waals surface area contributed by atoms with Gasteiger partial charge in [-0.1, -0.05) is 19.8 Å². The van der Waals surface area contributed by atoms with Crippen LogP contribution in [0.1, 0.15) is 42.2 Å². The van der Waals surface area contributed by atoms with E-state index in [1.807, 2.05) is 6.92 Å². The zero-order valence-corrected chi connectivity index (χ0v) is 10.9. The number of carboxylic acid groups (broad SMARTS) is 1. The molecule has 2 rings (SSSR count). The van der Waals surface area contributed by atoms with Crippen LogP contribution in [-0.4, -0.2) is 22.6 Å². The third kappa shape index (κ3) is 3.00. The molecule has 98 valence electrons. The number of anilines is 1. The van der Waals surface area contributed by atoms with Crippen LogP contribution in [0.5, 0.6) is 0 Å². The van der Waals surface area contributed by atoms with Crippen molar-refractivity contribution in [2.75, 3.05) is 11.9 Å². The fraction of sp³-hybridized carbons (Fsp3) is 0.571. The Labute approximate surface area is 107 Å². The van der Waals surface area contributed by atoms with Gasteiger partial charge in [-0.25, -0.2) is 9.78 Å². The lowest BCUT2D eigenvalue weighted by Gasteiger charge is -2.16. The predicted molar refractivity (Wildman–Crippen MR) is 70.9 cm³/mol. The number of aryl methyl sites for hydroxylation is 1. The number of pyridine rings is 1. The van der Waals surface area contributed by atoms with Crippen LogP contribution in [0, 0.1) is 18.8 Å². The van der Waals surface area contributed by atoms with Gasteiger partial charge in [0.2, 0.25) is 0 Å². The van der Waals surface area contributed by atoms with E-state index in [1.165, 1.54) is 19.3 Å². The van der Waals surface area contributed by atoms with Gasteiger partial charge in [0.05, 0.1) is 5.56 Å². The molecule has 0 bridgehead atoms. The second kappa shape index (κ2) is 5.38. The van der Waals surface area contributed by atoms with Gasteiger partial charge in [-0.2, -0.15) is 0 Å². The Bertz CT molecular complexity index is 445. The maximum absolute atomic E-state index is 11.0. The van der Waals surface area contributed by atoms with E-state index in [2.05, 4.69) is 17.2 Å². The highest BCUT2D eigenvalue weighted by molar-refractivity contribution is 5.88. The summed E-state index contributed by atoms with van der Waals surface area (Å²) in [6.07, 6.45) is 3.86. The van der Waals surface area contributed by atoms with E-state index in [-0.39, 0.29) is 0 Å². The molecule has 2 N–H and O–H groups in total. The van der Waals surface area contributed by atoms with Crippen LogP contribution in [0.3, 0.4) is 0 Å². The van der Waals surface area contributed by atoms with Crippen molar-refractivity contribution in [3.05, 3.63) is 23.4 Å². The van der Waals surface area contributed by atoms with Crippen molar-refractivity contribution in [1.82, 2.24) is 4.98 Å². The van der Waals surface area contributed by atoms with E-state index < -0.39 is 5.97 Å². The SMILES string of the molecule is Cc1cc(C(=O)O)cc(NCC2CCCC2C)n1. The molecule has 2 unspecified atom stereocenters. The monoisotopic (exact) mass is 248 g/mol. The summed E-state index contributed by atoms with van der Waals surface area (Å²) >= 11 is 0. The lowest BCUT2D eigenvalue weighted by Crippen LogP contribution is -2.17. The molecule has 1 aliphatic carbocycles. The zero-order chi connectivity index (χ0) is 13.1. The number of carbonyl (C=O) groups is 1. The summed E-state index contributed by atoms with van der Waals surface area (Å²) in [5.74, 6) is 1.20. The quantitative estimate of drug-likeness (QED) is 0.860. The Kier molecular flexibility index (Phi) is 3.84. The van der Waals surface area contributed by atoms with Crippen molar-refractivity contribution in [3.63, 3.8) is 0 Å². The summed E-state index contributed by atoms with van der Waals surface area (Å²) in [5, 5.41) is 12.3. The molecule has 0 radical (unpaired) electrons. The molecule has 0 spiro atoms. The molecule has 1 heterocycles. The standard InChI is InChI=1S/C14H20N2O2/c1-9-4-3-5-11(9)8-15-13-7-12(14(17)18)6-10(2)16-13/h6-7,9,11H,3-5,8H2,1-2H3,(H,15,16)(H,17,18). The maximum atomic E-state index is 11.0. The molecule has 4 nitrogen and oxygen atoms in total. The van der Waals surface area contributed by atoms with Gasteiger partial charge < -0.3 is 10.4 Å². The summed E-state index contributed by atoms with van der Waals surface area (Å²) in [6, 6.07) is 3.20. The van der Waals surface area contributed by atoms with E-state index in [0.717, 1.165) is 18.2 Å². The van der Waals surface area contributed by atoms with E-state index >= 15 is 0 Å². The normalized spacial score (nSPS) is 23.0. The van der Waals surface area contributed by atoms with Crippen molar-refractivity contribution in [2.24, 2.45) is 11.8 Å². The lowest BCUT2D eigenvalue weighted by atomic mass is 9.98. The summed E-state index contributed by atoms with van der Waals surface area (Å²) in [5.41, 5.74) is 1.03. The number of carboxylic acids is 1. The first-order valence-electron chi connectivity index (χ1n) is 6.52. The largest absolute Gasteiger partial charge is 0.478 e.